The van der Waals surface area contributed by atoms with Crippen LogP contribution in [0.25, 0.3) is 0 Å². The molecule has 21 heavy (non-hydrogen) atoms. The molecule has 110 valence electrons. The summed E-state index contributed by atoms with van der Waals surface area (Å²) in [5.74, 6) is 0.599. The zero-order valence-corrected chi connectivity index (χ0v) is 12.0. The van der Waals surface area contributed by atoms with Crippen LogP contribution in [0.3, 0.4) is 0 Å². The zero-order valence-electron chi connectivity index (χ0n) is 12.0. The highest BCUT2D eigenvalue weighted by molar-refractivity contribution is 5.68. The van der Waals surface area contributed by atoms with Crippen LogP contribution < -0.4 is 0 Å². The number of aromatic nitrogens is 1. The molecule has 1 saturated heterocycles. The smallest absolute Gasteiger partial charge is 0.410 e. The Bertz CT molecular complexity index is 609. The fourth-order valence-electron chi connectivity index (χ4n) is 2.57. The molecular formula is C16H18N2O3. The number of carbonyl (C=O) groups is 1. The molecule has 0 saturated carbocycles. The van der Waals surface area contributed by atoms with Gasteiger partial charge in [-0.3, -0.25) is 4.90 Å². The van der Waals surface area contributed by atoms with Gasteiger partial charge in [0.25, 0.3) is 0 Å². The van der Waals surface area contributed by atoms with E-state index in [1.807, 2.05) is 37.3 Å². The van der Waals surface area contributed by atoms with Gasteiger partial charge in [-0.05, 0) is 25.3 Å². The highest BCUT2D eigenvalue weighted by Gasteiger charge is 2.34. The predicted molar refractivity (Wildman–Crippen MR) is 76.5 cm³/mol. The average molecular weight is 286 g/mol. The minimum atomic E-state index is -0.308. The Morgan fingerprint density at radius 3 is 2.95 bits per heavy atom. The van der Waals surface area contributed by atoms with Crippen molar-refractivity contribution in [2.24, 2.45) is 0 Å². The van der Waals surface area contributed by atoms with Crippen molar-refractivity contribution in [3.05, 3.63) is 53.7 Å². The van der Waals surface area contributed by atoms with Crippen LogP contribution in [0.2, 0.25) is 0 Å². The summed E-state index contributed by atoms with van der Waals surface area (Å²) in [5, 5.41) is 0. The predicted octanol–water partition coefficient (Wildman–Crippen LogP) is 3.46. The van der Waals surface area contributed by atoms with E-state index in [1.165, 1.54) is 0 Å². The molecule has 0 spiro atoms. The van der Waals surface area contributed by atoms with Gasteiger partial charge in [0.05, 0.1) is 5.69 Å². The second-order valence-electron chi connectivity index (χ2n) is 5.22. The molecule has 1 aliphatic heterocycles. The Balaban J connectivity index is 1.63. The zero-order chi connectivity index (χ0) is 14.7. The van der Waals surface area contributed by atoms with E-state index in [0.29, 0.717) is 12.4 Å². The molecule has 0 bridgehead atoms. The maximum absolute atomic E-state index is 12.2. The summed E-state index contributed by atoms with van der Waals surface area (Å²) < 4.78 is 10.8. The molecule has 2 heterocycles. The van der Waals surface area contributed by atoms with Crippen molar-refractivity contribution < 1.29 is 13.9 Å². The first-order valence-corrected chi connectivity index (χ1v) is 7.13. The summed E-state index contributed by atoms with van der Waals surface area (Å²) in [6.45, 7) is 2.84. The molecule has 0 unspecified atom stereocenters. The molecule has 5 heteroatoms. The van der Waals surface area contributed by atoms with E-state index in [-0.39, 0.29) is 18.7 Å². The lowest BCUT2D eigenvalue weighted by Gasteiger charge is -2.21. The van der Waals surface area contributed by atoms with Gasteiger partial charge in [-0.2, -0.15) is 0 Å². The van der Waals surface area contributed by atoms with E-state index >= 15 is 0 Å². The van der Waals surface area contributed by atoms with Gasteiger partial charge in [0, 0.05) is 6.54 Å². The Morgan fingerprint density at radius 2 is 2.24 bits per heavy atom. The summed E-state index contributed by atoms with van der Waals surface area (Å²) in [4.78, 5) is 18.3. The molecule has 1 aromatic carbocycles. The van der Waals surface area contributed by atoms with Crippen LogP contribution in [0.1, 0.15) is 36.0 Å². The Labute approximate surface area is 123 Å². The number of rotatable bonds is 3. The van der Waals surface area contributed by atoms with Crippen LogP contribution in [-0.4, -0.2) is 22.5 Å². The summed E-state index contributed by atoms with van der Waals surface area (Å²) in [7, 11) is 0. The highest BCUT2D eigenvalue weighted by atomic mass is 16.6. The maximum atomic E-state index is 12.2. The van der Waals surface area contributed by atoms with Crippen molar-refractivity contribution in [1.82, 2.24) is 9.88 Å². The molecule has 5 nitrogen and oxygen atoms in total. The molecule has 0 aliphatic carbocycles. The molecule has 1 aromatic heterocycles. The van der Waals surface area contributed by atoms with Gasteiger partial charge in [0.1, 0.15) is 18.9 Å². The van der Waals surface area contributed by atoms with Crippen LogP contribution >= 0.6 is 0 Å². The van der Waals surface area contributed by atoms with E-state index in [9.17, 15) is 4.79 Å². The second kappa shape index (κ2) is 5.99. The number of amides is 1. The maximum Gasteiger partial charge on any atom is 0.410 e. The number of benzene rings is 1. The number of hydrogen-bond acceptors (Lipinski definition) is 4. The standard InChI is InChI=1S/C16H18N2O3/c1-12-10-20-15(17-12)14-8-5-9-18(14)16(19)21-11-13-6-3-2-4-7-13/h2-4,6-7,10,14H,5,8-9,11H2,1H3/t14-/m0/s1. The SMILES string of the molecule is Cc1coc([C@@H]2CCCN2C(=O)OCc2ccccc2)n1. The first-order chi connectivity index (χ1) is 10.2. The van der Waals surface area contributed by atoms with E-state index < -0.39 is 0 Å². The largest absolute Gasteiger partial charge is 0.446 e. The third kappa shape index (κ3) is 3.07. The van der Waals surface area contributed by atoms with Crippen LogP contribution in [-0.2, 0) is 11.3 Å². The number of carbonyl (C=O) groups excluding carboxylic acids is 1. The number of likely N-dealkylation sites (tertiary alicyclic amines) is 1. The number of aryl methyl sites for hydroxylation is 1. The average Bonchev–Trinajstić information content (AvgIpc) is 3.14. The molecule has 1 fully saturated rings. The third-order valence-electron chi connectivity index (χ3n) is 3.61. The van der Waals surface area contributed by atoms with Gasteiger partial charge >= 0.3 is 6.09 Å². The molecule has 1 aliphatic rings. The highest BCUT2D eigenvalue weighted by Crippen LogP contribution is 2.31. The third-order valence-corrected chi connectivity index (χ3v) is 3.61. The number of nitrogens with zero attached hydrogens (tertiary/aromatic N) is 2. The quantitative estimate of drug-likeness (QED) is 0.867. The van der Waals surface area contributed by atoms with Crippen LogP contribution in [0.5, 0.6) is 0 Å². The number of oxazole rings is 1. The first-order valence-electron chi connectivity index (χ1n) is 7.13. The van der Waals surface area contributed by atoms with Gasteiger partial charge in [0.15, 0.2) is 0 Å². The minimum absolute atomic E-state index is 0.109. The van der Waals surface area contributed by atoms with Crippen molar-refractivity contribution in [1.29, 1.82) is 0 Å². The Morgan fingerprint density at radius 1 is 1.43 bits per heavy atom. The van der Waals surface area contributed by atoms with Crippen molar-refractivity contribution in [3.8, 4) is 0 Å². The molecule has 1 amide bonds. The van der Waals surface area contributed by atoms with E-state index in [2.05, 4.69) is 4.98 Å². The summed E-state index contributed by atoms with van der Waals surface area (Å²) in [6, 6.07) is 9.56. The normalized spacial score (nSPS) is 18.0. The van der Waals surface area contributed by atoms with Gasteiger partial charge < -0.3 is 9.15 Å². The summed E-state index contributed by atoms with van der Waals surface area (Å²) in [6.07, 6.45) is 3.10. The summed E-state index contributed by atoms with van der Waals surface area (Å²) >= 11 is 0. The molecule has 0 radical (unpaired) electrons. The molecule has 0 N–H and O–H groups in total. The van der Waals surface area contributed by atoms with Crippen molar-refractivity contribution in [2.75, 3.05) is 6.54 Å². The Hall–Kier alpha value is -2.30. The monoisotopic (exact) mass is 286 g/mol. The second-order valence-corrected chi connectivity index (χ2v) is 5.22. The minimum Gasteiger partial charge on any atom is -0.446 e. The number of ether oxygens (including phenoxy) is 1. The van der Waals surface area contributed by atoms with E-state index in [1.54, 1.807) is 11.2 Å². The van der Waals surface area contributed by atoms with E-state index in [0.717, 1.165) is 24.1 Å². The lowest BCUT2D eigenvalue weighted by atomic mass is 10.2. The van der Waals surface area contributed by atoms with Crippen molar-refractivity contribution >= 4 is 6.09 Å². The van der Waals surface area contributed by atoms with Crippen molar-refractivity contribution in [3.63, 3.8) is 0 Å². The van der Waals surface area contributed by atoms with Gasteiger partial charge in [-0.1, -0.05) is 30.3 Å². The molecule has 1 atom stereocenters. The fraction of sp³-hybridized carbons (Fsp3) is 0.375. The lowest BCUT2D eigenvalue weighted by molar-refractivity contribution is 0.0878. The fourth-order valence-corrected chi connectivity index (χ4v) is 2.57. The van der Waals surface area contributed by atoms with E-state index in [4.69, 9.17) is 9.15 Å². The van der Waals surface area contributed by atoms with Crippen LogP contribution in [0.4, 0.5) is 4.79 Å². The molecular weight excluding hydrogens is 268 g/mol. The first kappa shape index (κ1) is 13.7. The number of hydrogen-bond donors (Lipinski definition) is 0. The Kier molecular flexibility index (Phi) is 3.90. The van der Waals surface area contributed by atoms with Gasteiger partial charge in [-0.25, -0.2) is 9.78 Å². The lowest BCUT2D eigenvalue weighted by Crippen LogP contribution is -2.31. The van der Waals surface area contributed by atoms with Crippen molar-refractivity contribution in [2.45, 2.75) is 32.4 Å². The topological polar surface area (TPSA) is 55.6 Å². The van der Waals surface area contributed by atoms with Gasteiger partial charge in [-0.15, -0.1) is 0 Å². The van der Waals surface area contributed by atoms with Gasteiger partial charge in [0.2, 0.25) is 5.89 Å². The summed E-state index contributed by atoms with van der Waals surface area (Å²) in [5.41, 5.74) is 1.81. The molecule has 2 aromatic rings. The van der Waals surface area contributed by atoms with Crippen LogP contribution in [0, 0.1) is 6.92 Å². The van der Waals surface area contributed by atoms with Crippen LogP contribution in [0.15, 0.2) is 41.0 Å². The molecule has 3 rings (SSSR count).